The van der Waals surface area contributed by atoms with Gasteiger partial charge in [-0.3, -0.25) is 9.69 Å². The number of hydrogen-bond donors (Lipinski definition) is 0. The van der Waals surface area contributed by atoms with Gasteiger partial charge in [-0.2, -0.15) is 0 Å². The lowest BCUT2D eigenvalue weighted by molar-refractivity contribution is -0.274. The topological polar surface area (TPSA) is 45.7 Å². The fraction of sp³-hybridized carbons (Fsp3) is 0.407. The van der Waals surface area contributed by atoms with Crippen LogP contribution in [0.1, 0.15) is 34.1 Å². The predicted octanol–water partition coefficient (Wildman–Crippen LogP) is 5.62. The van der Waals surface area contributed by atoms with Gasteiger partial charge in [0, 0.05) is 38.1 Å². The molecule has 2 unspecified atom stereocenters. The third-order valence-corrected chi connectivity index (χ3v) is 7.75. The van der Waals surface area contributed by atoms with Gasteiger partial charge in [0.05, 0.1) is 5.51 Å². The monoisotopic (exact) mass is 515 g/mol. The second-order valence-corrected chi connectivity index (χ2v) is 10.3. The number of amides is 1. The summed E-state index contributed by atoms with van der Waals surface area (Å²) in [7, 11) is 0. The second kappa shape index (κ2) is 10.2. The summed E-state index contributed by atoms with van der Waals surface area (Å²) in [5.74, 6) is 0.972. The molecule has 2 fully saturated rings. The second-order valence-electron chi connectivity index (χ2n) is 9.61. The number of likely N-dealkylation sites (tertiary alicyclic amines) is 1. The van der Waals surface area contributed by atoms with Gasteiger partial charge in [-0.05, 0) is 53.0 Å². The molecule has 3 aromatic rings. The number of benzene rings is 2. The normalized spacial score (nSPS) is 21.3. The Morgan fingerprint density at radius 1 is 1.11 bits per heavy atom. The molecular weight excluding hydrogens is 487 g/mol. The van der Waals surface area contributed by atoms with Crippen molar-refractivity contribution >= 4 is 17.2 Å². The average Bonchev–Trinajstić information content (AvgIpc) is 3.23. The molecule has 1 saturated carbocycles. The summed E-state index contributed by atoms with van der Waals surface area (Å²) in [6.07, 6.45) is -3.73. The molecule has 190 valence electrons. The fourth-order valence-electron chi connectivity index (χ4n) is 5.29. The maximum absolute atomic E-state index is 13.2. The van der Waals surface area contributed by atoms with E-state index in [9.17, 15) is 18.0 Å². The SMILES string of the molecule is CCc1ccc(CN2CC3C(C2)C3CN(Cc2cccc(OC(F)(F)F)c2)C(=O)c2cscn2)cc1. The molecule has 36 heavy (non-hydrogen) atoms. The third kappa shape index (κ3) is 5.90. The van der Waals surface area contributed by atoms with Crippen LogP contribution in [0.25, 0.3) is 0 Å². The summed E-state index contributed by atoms with van der Waals surface area (Å²) in [4.78, 5) is 21.6. The number of rotatable bonds is 9. The van der Waals surface area contributed by atoms with Crippen LogP contribution in [-0.4, -0.2) is 46.7 Å². The fourth-order valence-corrected chi connectivity index (χ4v) is 5.82. The van der Waals surface area contributed by atoms with Crippen molar-refractivity contribution in [1.82, 2.24) is 14.8 Å². The summed E-state index contributed by atoms with van der Waals surface area (Å²) in [5, 5.41) is 1.71. The lowest BCUT2D eigenvalue weighted by atomic mass is 10.1. The number of hydrogen-bond acceptors (Lipinski definition) is 5. The Labute approximate surface area is 212 Å². The Morgan fingerprint density at radius 2 is 1.83 bits per heavy atom. The molecule has 1 saturated heterocycles. The lowest BCUT2D eigenvalue weighted by Gasteiger charge is -2.25. The van der Waals surface area contributed by atoms with Crippen LogP contribution in [0.15, 0.2) is 59.4 Å². The molecule has 0 radical (unpaired) electrons. The van der Waals surface area contributed by atoms with Crippen LogP contribution in [0.2, 0.25) is 0 Å². The molecule has 1 aromatic heterocycles. The van der Waals surface area contributed by atoms with E-state index in [0.29, 0.717) is 35.6 Å². The van der Waals surface area contributed by atoms with E-state index in [0.717, 1.165) is 26.1 Å². The van der Waals surface area contributed by atoms with Gasteiger partial charge >= 0.3 is 6.36 Å². The molecule has 9 heteroatoms. The molecule has 5 nitrogen and oxygen atoms in total. The van der Waals surface area contributed by atoms with E-state index in [4.69, 9.17) is 0 Å². The summed E-state index contributed by atoms with van der Waals surface area (Å²) in [5.41, 5.74) is 5.21. The largest absolute Gasteiger partial charge is 0.573 e. The quantitative estimate of drug-likeness (QED) is 0.371. The number of aryl methyl sites for hydroxylation is 1. The minimum atomic E-state index is -4.76. The van der Waals surface area contributed by atoms with Crippen molar-refractivity contribution in [3.05, 3.63) is 81.8 Å². The van der Waals surface area contributed by atoms with Gasteiger partial charge in [0.25, 0.3) is 5.91 Å². The van der Waals surface area contributed by atoms with Crippen molar-refractivity contribution in [2.24, 2.45) is 17.8 Å². The zero-order valence-corrected chi connectivity index (χ0v) is 20.8. The van der Waals surface area contributed by atoms with Crippen LogP contribution in [0.5, 0.6) is 5.75 Å². The van der Waals surface area contributed by atoms with Crippen molar-refractivity contribution in [3.8, 4) is 5.75 Å². The van der Waals surface area contributed by atoms with Crippen LogP contribution in [-0.2, 0) is 19.5 Å². The zero-order valence-electron chi connectivity index (χ0n) is 19.9. The maximum atomic E-state index is 13.2. The summed E-state index contributed by atoms with van der Waals surface area (Å²) < 4.78 is 42.1. The van der Waals surface area contributed by atoms with Gasteiger partial charge < -0.3 is 9.64 Å². The molecular formula is C27H28F3N3O2S. The van der Waals surface area contributed by atoms with Gasteiger partial charge in [-0.1, -0.05) is 43.3 Å². The van der Waals surface area contributed by atoms with Crippen LogP contribution in [0, 0.1) is 17.8 Å². The number of carbonyl (C=O) groups is 1. The van der Waals surface area contributed by atoms with E-state index in [1.807, 2.05) is 0 Å². The molecule has 2 aliphatic rings. The first-order valence-electron chi connectivity index (χ1n) is 12.1. The van der Waals surface area contributed by atoms with Crippen molar-refractivity contribution in [3.63, 3.8) is 0 Å². The number of alkyl halides is 3. The number of piperidine rings is 1. The highest BCUT2D eigenvalue weighted by Crippen LogP contribution is 2.52. The molecule has 1 amide bonds. The van der Waals surface area contributed by atoms with Crippen LogP contribution >= 0.6 is 11.3 Å². The third-order valence-electron chi connectivity index (χ3n) is 7.16. The maximum Gasteiger partial charge on any atom is 0.573 e. The average molecular weight is 516 g/mol. The van der Waals surface area contributed by atoms with Crippen LogP contribution < -0.4 is 4.74 Å². The van der Waals surface area contributed by atoms with E-state index in [2.05, 4.69) is 45.8 Å². The highest BCUT2D eigenvalue weighted by atomic mass is 32.1. The standard InChI is InChI=1S/C27H28F3N3O2S/c1-2-18-6-8-19(9-7-18)11-32-13-22-23(14-32)24(22)15-33(26(34)25-16-36-17-31-25)12-20-4-3-5-21(10-20)35-27(28,29)30/h3-10,16-17,22-24H,2,11-15H2,1H3. The molecule has 1 aliphatic heterocycles. The van der Waals surface area contributed by atoms with Crippen LogP contribution in [0.4, 0.5) is 13.2 Å². The number of aromatic nitrogens is 1. The lowest BCUT2D eigenvalue weighted by Crippen LogP contribution is -2.35. The van der Waals surface area contributed by atoms with Crippen molar-refractivity contribution in [2.75, 3.05) is 19.6 Å². The number of ether oxygens (including phenoxy) is 1. The minimum Gasteiger partial charge on any atom is -0.406 e. The van der Waals surface area contributed by atoms with E-state index in [1.165, 1.54) is 40.7 Å². The first-order valence-corrected chi connectivity index (χ1v) is 13.1. The molecule has 2 aromatic carbocycles. The van der Waals surface area contributed by atoms with Crippen molar-refractivity contribution in [2.45, 2.75) is 32.8 Å². The number of thiazole rings is 1. The first-order chi connectivity index (χ1) is 17.3. The molecule has 5 rings (SSSR count). The van der Waals surface area contributed by atoms with Crippen molar-refractivity contribution < 1.29 is 22.7 Å². The number of fused-ring (bicyclic) bond motifs is 1. The smallest absolute Gasteiger partial charge is 0.406 e. The highest BCUT2D eigenvalue weighted by Gasteiger charge is 2.55. The van der Waals surface area contributed by atoms with E-state index in [-0.39, 0.29) is 18.2 Å². The number of nitrogens with zero attached hydrogens (tertiary/aromatic N) is 3. The van der Waals surface area contributed by atoms with Crippen molar-refractivity contribution in [1.29, 1.82) is 0 Å². The Hall–Kier alpha value is -2.91. The molecule has 0 N–H and O–H groups in total. The molecule has 0 spiro atoms. The van der Waals surface area contributed by atoms with E-state index in [1.54, 1.807) is 21.9 Å². The van der Waals surface area contributed by atoms with E-state index >= 15 is 0 Å². The summed E-state index contributed by atoms with van der Waals surface area (Å²) in [6, 6.07) is 14.6. The minimum absolute atomic E-state index is 0.198. The number of carbonyl (C=O) groups excluding carboxylic acids is 1. The zero-order chi connectivity index (χ0) is 25.3. The number of halogens is 3. The highest BCUT2D eigenvalue weighted by molar-refractivity contribution is 7.07. The predicted molar refractivity (Wildman–Crippen MR) is 132 cm³/mol. The Balaban J connectivity index is 1.22. The molecule has 0 bridgehead atoms. The summed E-state index contributed by atoms with van der Waals surface area (Å²) >= 11 is 1.34. The molecule has 2 atom stereocenters. The molecule has 2 heterocycles. The van der Waals surface area contributed by atoms with Crippen LogP contribution in [0.3, 0.4) is 0 Å². The first kappa shape index (κ1) is 24.8. The van der Waals surface area contributed by atoms with Gasteiger partial charge in [0.15, 0.2) is 0 Å². The Kier molecular flexibility index (Phi) is 7.03. The van der Waals surface area contributed by atoms with Gasteiger partial charge in [-0.15, -0.1) is 24.5 Å². The Morgan fingerprint density at radius 3 is 2.47 bits per heavy atom. The van der Waals surface area contributed by atoms with E-state index < -0.39 is 6.36 Å². The van der Waals surface area contributed by atoms with Gasteiger partial charge in [0.1, 0.15) is 11.4 Å². The summed E-state index contributed by atoms with van der Waals surface area (Å²) in [6.45, 7) is 5.84. The molecule has 1 aliphatic carbocycles. The Bertz CT molecular complexity index is 1170. The van der Waals surface area contributed by atoms with Gasteiger partial charge in [-0.25, -0.2) is 4.98 Å². The van der Waals surface area contributed by atoms with Gasteiger partial charge in [0.2, 0.25) is 0 Å².